The summed E-state index contributed by atoms with van der Waals surface area (Å²) in [6.45, 7) is 9.48. The Hall–Kier alpha value is -0.770. The van der Waals surface area contributed by atoms with Gasteiger partial charge >= 0.3 is 6.16 Å². The van der Waals surface area contributed by atoms with E-state index in [0.717, 1.165) is 0 Å². The first-order valence-electron chi connectivity index (χ1n) is 4.88. The molecule has 0 spiro atoms. The topological polar surface area (TPSA) is 44.8 Å². The van der Waals surface area contributed by atoms with Crippen LogP contribution < -0.4 is 0 Å². The van der Waals surface area contributed by atoms with E-state index in [9.17, 15) is 4.79 Å². The lowest BCUT2D eigenvalue weighted by Crippen LogP contribution is -2.20. The van der Waals surface area contributed by atoms with Crippen LogP contribution in [-0.2, 0) is 14.2 Å². The van der Waals surface area contributed by atoms with E-state index in [1.165, 1.54) is 0 Å². The summed E-state index contributed by atoms with van der Waals surface area (Å²) in [4.78, 5) is 10.9. The Morgan fingerprint density at radius 2 is 1.71 bits per heavy atom. The standard InChI is InChI=1S/C10H20O4/c1-7(2)9(5)12-6-13-10(11)14-8(3)4/h7-9H,6H2,1-5H3. The highest BCUT2D eigenvalue weighted by Gasteiger charge is 2.10. The Kier molecular flexibility index (Phi) is 6.28. The maximum Gasteiger partial charge on any atom is 0.510 e. The maximum absolute atomic E-state index is 10.9. The third kappa shape index (κ3) is 6.71. The minimum absolute atomic E-state index is 0.0507. The Morgan fingerprint density at radius 3 is 2.14 bits per heavy atom. The highest BCUT2D eigenvalue weighted by atomic mass is 16.8. The summed E-state index contributed by atoms with van der Waals surface area (Å²) in [6.07, 6.45) is -0.775. The van der Waals surface area contributed by atoms with E-state index in [-0.39, 0.29) is 19.0 Å². The molecule has 4 heteroatoms. The molecule has 0 aromatic carbocycles. The van der Waals surface area contributed by atoms with Crippen LogP contribution in [0.1, 0.15) is 34.6 Å². The van der Waals surface area contributed by atoms with E-state index in [1.54, 1.807) is 13.8 Å². The van der Waals surface area contributed by atoms with Crippen molar-refractivity contribution in [3.63, 3.8) is 0 Å². The van der Waals surface area contributed by atoms with Gasteiger partial charge in [-0.05, 0) is 26.7 Å². The predicted molar refractivity (Wildman–Crippen MR) is 53.0 cm³/mol. The molecule has 0 heterocycles. The van der Waals surface area contributed by atoms with Crippen molar-refractivity contribution < 1.29 is 19.0 Å². The van der Waals surface area contributed by atoms with E-state index in [2.05, 4.69) is 0 Å². The summed E-state index contributed by atoms with van der Waals surface area (Å²) < 4.78 is 14.7. The van der Waals surface area contributed by atoms with Gasteiger partial charge in [0.05, 0.1) is 12.2 Å². The van der Waals surface area contributed by atoms with Gasteiger partial charge in [0, 0.05) is 0 Å². The van der Waals surface area contributed by atoms with Crippen LogP contribution in [0.15, 0.2) is 0 Å². The summed E-state index contributed by atoms with van der Waals surface area (Å²) in [5, 5.41) is 0. The fourth-order valence-electron chi connectivity index (χ4n) is 0.608. The minimum atomic E-state index is -0.684. The summed E-state index contributed by atoms with van der Waals surface area (Å²) in [5.74, 6) is 0.403. The van der Waals surface area contributed by atoms with Crippen molar-refractivity contribution in [2.45, 2.75) is 46.8 Å². The molecule has 0 N–H and O–H groups in total. The highest BCUT2D eigenvalue weighted by molar-refractivity contribution is 5.59. The minimum Gasteiger partial charge on any atom is -0.432 e. The summed E-state index contributed by atoms with van der Waals surface area (Å²) >= 11 is 0. The number of ether oxygens (including phenoxy) is 3. The van der Waals surface area contributed by atoms with Crippen molar-refractivity contribution in [2.75, 3.05) is 6.79 Å². The van der Waals surface area contributed by atoms with Crippen LogP contribution in [0.25, 0.3) is 0 Å². The molecule has 0 aliphatic rings. The lowest BCUT2D eigenvalue weighted by molar-refractivity contribution is -0.0870. The quantitative estimate of drug-likeness (QED) is 0.510. The van der Waals surface area contributed by atoms with Gasteiger partial charge in [-0.2, -0.15) is 0 Å². The van der Waals surface area contributed by atoms with Gasteiger partial charge in [-0.25, -0.2) is 4.79 Å². The second-order valence-corrected chi connectivity index (χ2v) is 3.79. The molecule has 0 aliphatic carbocycles. The van der Waals surface area contributed by atoms with Crippen molar-refractivity contribution in [3.05, 3.63) is 0 Å². The molecule has 0 saturated carbocycles. The fraction of sp³-hybridized carbons (Fsp3) is 0.900. The SMILES string of the molecule is CC(C)OC(=O)OCOC(C)C(C)C. The number of carbonyl (C=O) groups excluding carboxylic acids is 1. The van der Waals surface area contributed by atoms with Crippen LogP contribution in [0.4, 0.5) is 4.79 Å². The van der Waals surface area contributed by atoms with E-state index < -0.39 is 6.16 Å². The van der Waals surface area contributed by atoms with Gasteiger partial charge in [-0.15, -0.1) is 0 Å². The van der Waals surface area contributed by atoms with E-state index >= 15 is 0 Å². The molecule has 0 rings (SSSR count). The van der Waals surface area contributed by atoms with E-state index in [0.29, 0.717) is 5.92 Å². The Labute approximate surface area is 85.5 Å². The number of rotatable bonds is 5. The predicted octanol–water partition coefficient (Wildman–Crippen LogP) is 2.57. The molecule has 14 heavy (non-hydrogen) atoms. The zero-order chi connectivity index (χ0) is 11.1. The molecule has 1 unspecified atom stereocenters. The molecule has 0 saturated heterocycles. The molecular weight excluding hydrogens is 184 g/mol. The zero-order valence-corrected chi connectivity index (χ0v) is 9.57. The smallest absolute Gasteiger partial charge is 0.432 e. The van der Waals surface area contributed by atoms with Gasteiger partial charge in [0.15, 0.2) is 6.79 Å². The van der Waals surface area contributed by atoms with Crippen LogP contribution >= 0.6 is 0 Å². The van der Waals surface area contributed by atoms with Gasteiger partial charge in [0.2, 0.25) is 0 Å². The first-order chi connectivity index (χ1) is 6.43. The fourth-order valence-corrected chi connectivity index (χ4v) is 0.608. The van der Waals surface area contributed by atoms with Crippen LogP contribution in [0.5, 0.6) is 0 Å². The van der Waals surface area contributed by atoms with Crippen molar-refractivity contribution in [3.8, 4) is 0 Å². The lowest BCUT2D eigenvalue weighted by Gasteiger charge is -2.16. The van der Waals surface area contributed by atoms with Crippen LogP contribution in [0.2, 0.25) is 0 Å². The van der Waals surface area contributed by atoms with Crippen molar-refractivity contribution in [1.29, 1.82) is 0 Å². The molecule has 0 aliphatic heterocycles. The van der Waals surface area contributed by atoms with Gasteiger partial charge in [-0.1, -0.05) is 13.8 Å². The summed E-state index contributed by atoms with van der Waals surface area (Å²) in [7, 11) is 0. The molecule has 0 amide bonds. The monoisotopic (exact) mass is 204 g/mol. The molecule has 0 aromatic rings. The van der Waals surface area contributed by atoms with Gasteiger partial charge in [0.1, 0.15) is 0 Å². The molecule has 0 aromatic heterocycles. The van der Waals surface area contributed by atoms with Crippen LogP contribution in [-0.4, -0.2) is 25.2 Å². The lowest BCUT2D eigenvalue weighted by atomic mass is 10.1. The van der Waals surface area contributed by atoms with Gasteiger partial charge in [0.25, 0.3) is 0 Å². The Bertz CT molecular complexity index is 166. The molecule has 1 atom stereocenters. The number of carbonyl (C=O) groups is 1. The molecule has 0 radical (unpaired) electrons. The molecular formula is C10H20O4. The number of hydrogen-bond acceptors (Lipinski definition) is 4. The average molecular weight is 204 g/mol. The van der Waals surface area contributed by atoms with Crippen LogP contribution in [0.3, 0.4) is 0 Å². The number of hydrogen-bond donors (Lipinski definition) is 0. The normalized spacial score (nSPS) is 13.1. The summed E-state index contributed by atoms with van der Waals surface area (Å²) in [5.41, 5.74) is 0. The third-order valence-corrected chi connectivity index (χ3v) is 1.78. The second-order valence-electron chi connectivity index (χ2n) is 3.79. The molecule has 0 bridgehead atoms. The van der Waals surface area contributed by atoms with Crippen molar-refractivity contribution in [1.82, 2.24) is 0 Å². The maximum atomic E-state index is 10.9. The average Bonchev–Trinajstić information content (AvgIpc) is 2.02. The first kappa shape index (κ1) is 13.2. The molecule has 0 fully saturated rings. The van der Waals surface area contributed by atoms with Crippen molar-refractivity contribution in [2.24, 2.45) is 5.92 Å². The van der Waals surface area contributed by atoms with Crippen LogP contribution in [0, 0.1) is 5.92 Å². The van der Waals surface area contributed by atoms with E-state index in [1.807, 2.05) is 20.8 Å². The zero-order valence-electron chi connectivity index (χ0n) is 9.57. The van der Waals surface area contributed by atoms with Crippen molar-refractivity contribution >= 4 is 6.16 Å². The molecule has 4 nitrogen and oxygen atoms in total. The third-order valence-electron chi connectivity index (χ3n) is 1.78. The Morgan fingerprint density at radius 1 is 1.14 bits per heavy atom. The molecule has 84 valence electrons. The second kappa shape index (κ2) is 6.65. The van der Waals surface area contributed by atoms with Gasteiger partial charge < -0.3 is 14.2 Å². The first-order valence-corrected chi connectivity index (χ1v) is 4.88. The highest BCUT2D eigenvalue weighted by Crippen LogP contribution is 2.05. The summed E-state index contributed by atoms with van der Waals surface area (Å²) in [6, 6.07) is 0. The van der Waals surface area contributed by atoms with Gasteiger partial charge in [-0.3, -0.25) is 0 Å². The Balaban J connectivity index is 3.49. The largest absolute Gasteiger partial charge is 0.510 e. The van der Waals surface area contributed by atoms with E-state index in [4.69, 9.17) is 14.2 Å².